The third-order valence-electron chi connectivity index (χ3n) is 2.74. The number of hydrogen-bond acceptors (Lipinski definition) is 5. The van der Waals surface area contributed by atoms with Gasteiger partial charge < -0.3 is 10.6 Å². The molecule has 7 nitrogen and oxygen atoms in total. The molecular weight excluding hydrogens is 296 g/mol. The summed E-state index contributed by atoms with van der Waals surface area (Å²) in [5.41, 5.74) is 0.955. The zero-order valence-electron chi connectivity index (χ0n) is 11.0. The Bertz CT molecular complexity index is 706. The van der Waals surface area contributed by atoms with Gasteiger partial charge in [0.15, 0.2) is 0 Å². The first-order valence-corrected chi connectivity index (χ1v) is 6.27. The van der Waals surface area contributed by atoms with Crippen molar-refractivity contribution in [1.29, 1.82) is 0 Å². The molecule has 2 aromatic rings. The summed E-state index contributed by atoms with van der Waals surface area (Å²) in [6, 6.07) is 5.61. The summed E-state index contributed by atoms with van der Waals surface area (Å²) < 4.78 is 0. The maximum atomic E-state index is 12.2. The minimum Gasteiger partial charge on any atom is -0.386 e. The molecule has 0 saturated carbocycles. The van der Waals surface area contributed by atoms with Crippen LogP contribution < -0.4 is 10.6 Å². The first-order valence-electron chi connectivity index (χ1n) is 5.90. The Kier molecular flexibility index (Phi) is 4.34. The highest BCUT2D eigenvalue weighted by Gasteiger charge is 2.15. The summed E-state index contributed by atoms with van der Waals surface area (Å²) in [5.74, 6) is -0.404. The standard InChI is InChI=1S/C13H11ClN4O3/c1-15-11-7-16-5-4-9(11)13(19)17-8-2-3-10(14)12(6-8)18(20)21/h2-7,15H,1H3,(H,17,19). The summed E-state index contributed by atoms with van der Waals surface area (Å²) >= 11 is 5.72. The number of anilines is 2. The van der Waals surface area contributed by atoms with E-state index in [4.69, 9.17) is 11.6 Å². The average Bonchev–Trinajstić information content (AvgIpc) is 2.48. The lowest BCUT2D eigenvalue weighted by Crippen LogP contribution is -2.14. The second-order valence-electron chi connectivity index (χ2n) is 4.05. The van der Waals surface area contributed by atoms with Crippen LogP contribution in [0.15, 0.2) is 36.7 Å². The van der Waals surface area contributed by atoms with E-state index in [1.165, 1.54) is 30.6 Å². The van der Waals surface area contributed by atoms with Crippen LogP contribution in [0.25, 0.3) is 0 Å². The minimum atomic E-state index is -0.608. The number of carbonyl (C=O) groups excluding carboxylic acids is 1. The first-order chi connectivity index (χ1) is 10.0. The van der Waals surface area contributed by atoms with Gasteiger partial charge in [0.2, 0.25) is 0 Å². The van der Waals surface area contributed by atoms with Crippen molar-refractivity contribution in [2.45, 2.75) is 0 Å². The molecule has 2 rings (SSSR count). The first kappa shape index (κ1) is 14.7. The Morgan fingerprint density at radius 1 is 1.38 bits per heavy atom. The zero-order chi connectivity index (χ0) is 15.4. The highest BCUT2D eigenvalue weighted by Crippen LogP contribution is 2.27. The van der Waals surface area contributed by atoms with Crippen molar-refractivity contribution < 1.29 is 9.72 Å². The lowest BCUT2D eigenvalue weighted by Gasteiger charge is -2.09. The number of amides is 1. The zero-order valence-corrected chi connectivity index (χ0v) is 11.7. The molecule has 0 aliphatic rings. The van der Waals surface area contributed by atoms with Gasteiger partial charge in [-0.25, -0.2) is 0 Å². The topological polar surface area (TPSA) is 97.2 Å². The number of nitro benzene ring substituents is 1. The number of nitro groups is 1. The Labute approximate surface area is 125 Å². The number of aromatic nitrogens is 1. The second kappa shape index (κ2) is 6.19. The fraction of sp³-hybridized carbons (Fsp3) is 0.0769. The van der Waals surface area contributed by atoms with Crippen LogP contribution in [-0.4, -0.2) is 22.9 Å². The molecule has 0 unspecified atom stereocenters. The number of halogens is 1. The highest BCUT2D eigenvalue weighted by molar-refractivity contribution is 6.32. The average molecular weight is 307 g/mol. The lowest BCUT2D eigenvalue weighted by molar-refractivity contribution is -0.384. The van der Waals surface area contributed by atoms with Gasteiger partial charge in [-0.3, -0.25) is 19.9 Å². The van der Waals surface area contributed by atoms with Crippen molar-refractivity contribution in [3.05, 3.63) is 57.4 Å². The Balaban J connectivity index is 2.28. The molecule has 1 amide bonds. The van der Waals surface area contributed by atoms with Crippen LogP contribution in [0, 0.1) is 10.1 Å². The molecule has 0 radical (unpaired) electrons. The maximum Gasteiger partial charge on any atom is 0.289 e. The van der Waals surface area contributed by atoms with Gasteiger partial charge in [-0.05, 0) is 18.2 Å². The summed E-state index contributed by atoms with van der Waals surface area (Å²) in [4.78, 5) is 26.3. The number of nitrogens with zero attached hydrogens (tertiary/aromatic N) is 2. The van der Waals surface area contributed by atoms with Crippen LogP contribution in [-0.2, 0) is 0 Å². The van der Waals surface area contributed by atoms with Gasteiger partial charge in [0.05, 0.1) is 22.4 Å². The Hall–Kier alpha value is -2.67. The predicted octanol–water partition coefficient (Wildman–Crippen LogP) is 2.94. The molecule has 21 heavy (non-hydrogen) atoms. The van der Waals surface area contributed by atoms with Gasteiger partial charge in [0, 0.05) is 25.0 Å². The van der Waals surface area contributed by atoms with E-state index < -0.39 is 10.8 Å². The van der Waals surface area contributed by atoms with E-state index in [0.29, 0.717) is 11.3 Å². The fourth-order valence-corrected chi connectivity index (χ4v) is 1.91. The summed E-state index contributed by atoms with van der Waals surface area (Å²) in [7, 11) is 1.67. The van der Waals surface area contributed by atoms with Crippen molar-refractivity contribution in [3.8, 4) is 0 Å². The highest BCUT2D eigenvalue weighted by atomic mass is 35.5. The van der Waals surface area contributed by atoms with Crippen LogP contribution in [0.5, 0.6) is 0 Å². The van der Waals surface area contributed by atoms with Gasteiger partial charge in [-0.2, -0.15) is 0 Å². The van der Waals surface area contributed by atoms with Crippen LogP contribution >= 0.6 is 11.6 Å². The van der Waals surface area contributed by atoms with E-state index in [0.717, 1.165) is 0 Å². The van der Waals surface area contributed by atoms with Gasteiger partial charge in [0.1, 0.15) is 5.02 Å². The normalized spacial score (nSPS) is 10.0. The molecular formula is C13H11ClN4O3. The van der Waals surface area contributed by atoms with Crippen LogP contribution in [0.4, 0.5) is 17.1 Å². The molecule has 0 aliphatic heterocycles. The van der Waals surface area contributed by atoms with Crippen molar-refractivity contribution in [3.63, 3.8) is 0 Å². The molecule has 0 fully saturated rings. The third-order valence-corrected chi connectivity index (χ3v) is 3.06. The number of pyridine rings is 1. The maximum absolute atomic E-state index is 12.2. The molecule has 1 aromatic heterocycles. The van der Waals surface area contributed by atoms with Crippen molar-refractivity contribution in [2.24, 2.45) is 0 Å². The molecule has 1 heterocycles. The van der Waals surface area contributed by atoms with Crippen molar-refractivity contribution in [1.82, 2.24) is 4.98 Å². The van der Waals surface area contributed by atoms with E-state index in [1.54, 1.807) is 13.1 Å². The summed E-state index contributed by atoms with van der Waals surface area (Å²) in [5, 5.41) is 16.3. The number of benzene rings is 1. The molecule has 0 bridgehead atoms. The molecule has 108 valence electrons. The van der Waals surface area contributed by atoms with Gasteiger partial charge in [-0.15, -0.1) is 0 Å². The van der Waals surface area contributed by atoms with E-state index >= 15 is 0 Å². The minimum absolute atomic E-state index is 0.0119. The molecule has 0 saturated heterocycles. The number of hydrogen-bond donors (Lipinski definition) is 2. The lowest BCUT2D eigenvalue weighted by atomic mass is 10.2. The SMILES string of the molecule is CNc1cnccc1C(=O)Nc1ccc(Cl)c([N+](=O)[O-])c1. The molecule has 2 N–H and O–H groups in total. The van der Waals surface area contributed by atoms with Gasteiger partial charge >= 0.3 is 0 Å². The van der Waals surface area contributed by atoms with Crippen LogP contribution in [0.3, 0.4) is 0 Å². The summed E-state index contributed by atoms with van der Waals surface area (Å²) in [6.45, 7) is 0. The van der Waals surface area contributed by atoms with E-state index in [1.807, 2.05) is 0 Å². The van der Waals surface area contributed by atoms with Gasteiger partial charge in [-0.1, -0.05) is 11.6 Å². The monoisotopic (exact) mass is 306 g/mol. The molecule has 0 aliphatic carbocycles. The fourth-order valence-electron chi connectivity index (χ4n) is 1.72. The smallest absolute Gasteiger partial charge is 0.289 e. The number of nitrogens with one attached hydrogen (secondary N) is 2. The van der Waals surface area contributed by atoms with Crippen LogP contribution in [0.2, 0.25) is 5.02 Å². The van der Waals surface area contributed by atoms with E-state index in [-0.39, 0.29) is 16.4 Å². The molecule has 8 heteroatoms. The predicted molar refractivity (Wildman–Crippen MR) is 79.8 cm³/mol. The second-order valence-corrected chi connectivity index (χ2v) is 4.46. The molecule has 0 atom stereocenters. The van der Waals surface area contributed by atoms with Crippen molar-refractivity contribution in [2.75, 3.05) is 17.7 Å². The Morgan fingerprint density at radius 3 is 2.81 bits per heavy atom. The van der Waals surface area contributed by atoms with Crippen LogP contribution in [0.1, 0.15) is 10.4 Å². The molecule has 1 aromatic carbocycles. The van der Waals surface area contributed by atoms with E-state index in [2.05, 4.69) is 15.6 Å². The quantitative estimate of drug-likeness (QED) is 0.668. The summed E-state index contributed by atoms with van der Waals surface area (Å²) in [6.07, 6.45) is 3.00. The third kappa shape index (κ3) is 3.26. The number of carbonyl (C=O) groups is 1. The Morgan fingerprint density at radius 2 is 2.14 bits per heavy atom. The molecule has 0 spiro atoms. The number of rotatable bonds is 4. The largest absolute Gasteiger partial charge is 0.386 e. The van der Waals surface area contributed by atoms with Crippen molar-refractivity contribution >= 4 is 34.6 Å². The van der Waals surface area contributed by atoms with E-state index in [9.17, 15) is 14.9 Å². The van der Waals surface area contributed by atoms with Gasteiger partial charge in [0.25, 0.3) is 11.6 Å².